The Kier molecular flexibility index (Phi) is 4.71. The third kappa shape index (κ3) is 3.42. The van der Waals surface area contributed by atoms with Gasteiger partial charge in [-0.25, -0.2) is 4.98 Å². The van der Waals surface area contributed by atoms with Gasteiger partial charge in [0.15, 0.2) is 0 Å². The fourth-order valence-corrected chi connectivity index (χ4v) is 2.84. The van der Waals surface area contributed by atoms with Crippen molar-refractivity contribution in [3.63, 3.8) is 0 Å². The van der Waals surface area contributed by atoms with Gasteiger partial charge in [-0.05, 0) is 31.0 Å². The number of hydrogen-bond donors (Lipinski definition) is 2. The van der Waals surface area contributed by atoms with Crippen LogP contribution in [0, 0.1) is 23.0 Å². The van der Waals surface area contributed by atoms with Crippen molar-refractivity contribution in [3.8, 4) is 0 Å². The van der Waals surface area contributed by atoms with E-state index in [2.05, 4.69) is 15.3 Å². The van der Waals surface area contributed by atoms with Crippen LogP contribution < -0.4 is 5.32 Å². The number of aromatic amines is 1. The molecular weight excluding hydrogens is 332 g/mol. The minimum absolute atomic E-state index is 0.0671. The van der Waals surface area contributed by atoms with Gasteiger partial charge in [0.2, 0.25) is 0 Å². The van der Waals surface area contributed by atoms with Crippen molar-refractivity contribution in [2.75, 3.05) is 0 Å². The number of nitrogens with one attached hydrogen (secondary N) is 2. The van der Waals surface area contributed by atoms with Crippen molar-refractivity contribution >= 4 is 22.6 Å². The molecule has 1 atom stereocenters. The van der Waals surface area contributed by atoms with E-state index in [4.69, 9.17) is 0 Å². The Bertz CT molecular complexity index is 945. The first-order valence-corrected chi connectivity index (χ1v) is 8.37. The number of aryl methyl sites for hydroxylation is 1. The highest BCUT2D eigenvalue weighted by atomic mass is 16.6. The molecule has 26 heavy (non-hydrogen) atoms. The van der Waals surface area contributed by atoms with Crippen LogP contribution >= 0.6 is 0 Å². The number of amides is 1. The molecule has 0 radical (unpaired) electrons. The Morgan fingerprint density at radius 3 is 2.62 bits per heavy atom. The first-order valence-electron chi connectivity index (χ1n) is 8.37. The molecule has 0 unspecified atom stereocenters. The Morgan fingerprint density at radius 1 is 1.23 bits per heavy atom. The number of imidazole rings is 1. The number of carbonyl (C=O) groups is 1. The van der Waals surface area contributed by atoms with E-state index in [1.807, 2.05) is 38.1 Å². The van der Waals surface area contributed by atoms with Gasteiger partial charge in [0.1, 0.15) is 5.82 Å². The van der Waals surface area contributed by atoms with E-state index in [9.17, 15) is 14.9 Å². The zero-order chi connectivity index (χ0) is 18.8. The summed E-state index contributed by atoms with van der Waals surface area (Å²) in [5.74, 6) is 0.378. The van der Waals surface area contributed by atoms with Gasteiger partial charge in [0.25, 0.3) is 11.6 Å². The molecule has 0 fully saturated rings. The van der Waals surface area contributed by atoms with Gasteiger partial charge in [0, 0.05) is 17.2 Å². The van der Waals surface area contributed by atoms with Crippen molar-refractivity contribution < 1.29 is 9.72 Å². The standard InChI is InChI=1S/C19H20N4O3/c1-11(2)17(18-20-14-6-4-5-7-15(14)21-18)22-19(24)13-9-8-12(3)16(10-13)23(25)26/h4-11,17H,1-3H3,(H,20,21)(H,22,24)/t17-/m0/s1. The number of nitrogens with zero attached hydrogens (tertiary/aromatic N) is 2. The van der Waals surface area contributed by atoms with Gasteiger partial charge >= 0.3 is 0 Å². The lowest BCUT2D eigenvalue weighted by molar-refractivity contribution is -0.385. The van der Waals surface area contributed by atoms with Crippen LogP contribution in [0.15, 0.2) is 42.5 Å². The summed E-state index contributed by atoms with van der Waals surface area (Å²) < 4.78 is 0. The van der Waals surface area contributed by atoms with E-state index in [0.29, 0.717) is 11.4 Å². The van der Waals surface area contributed by atoms with Crippen LogP contribution in [0.4, 0.5) is 5.69 Å². The van der Waals surface area contributed by atoms with Crippen molar-refractivity contribution in [1.29, 1.82) is 0 Å². The molecule has 3 aromatic rings. The molecule has 1 amide bonds. The lowest BCUT2D eigenvalue weighted by atomic mass is 10.0. The third-order valence-electron chi connectivity index (χ3n) is 4.32. The van der Waals surface area contributed by atoms with E-state index in [0.717, 1.165) is 11.0 Å². The Labute approximate surface area is 150 Å². The summed E-state index contributed by atoms with van der Waals surface area (Å²) in [6.45, 7) is 5.61. The maximum atomic E-state index is 12.7. The molecule has 7 nitrogen and oxygen atoms in total. The van der Waals surface area contributed by atoms with Gasteiger partial charge in [0.05, 0.1) is 22.0 Å². The lowest BCUT2D eigenvalue weighted by Crippen LogP contribution is -2.32. The van der Waals surface area contributed by atoms with Gasteiger partial charge < -0.3 is 10.3 Å². The molecule has 3 rings (SSSR count). The number of aromatic nitrogens is 2. The maximum absolute atomic E-state index is 12.7. The fraction of sp³-hybridized carbons (Fsp3) is 0.263. The summed E-state index contributed by atoms with van der Waals surface area (Å²) in [5, 5.41) is 14.0. The highest BCUT2D eigenvalue weighted by Gasteiger charge is 2.23. The molecule has 0 aliphatic carbocycles. The molecule has 134 valence electrons. The second-order valence-electron chi connectivity index (χ2n) is 6.59. The Balaban J connectivity index is 1.89. The minimum Gasteiger partial charge on any atom is -0.342 e. The number of para-hydroxylation sites is 2. The number of nitro benzene ring substituents is 1. The van der Waals surface area contributed by atoms with E-state index >= 15 is 0 Å². The van der Waals surface area contributed by atoms with E-state index in [1.54, 1.807) is 19.1 Å². The Hall–Kier alpha value is -3.22. The predicted molar refractivity (Wildman–Crippen MR) is 99.0 cm³/mol. The fourth-order valence-electron chi connectivity index (χ4n) is 2.84. The van der Waals surface area contributed by atoms with Crippen molar-refractivity contribution in [2.45, 2.75) is 26.8 Å². The van der Waals surface area contributed by atoms with Crippen LogP contribution in [0.1, 0.15) is 41.6 Å². The van der Waals surface area contributed by atoms with Gasteiger partial charge in [-0.2, -0.15) is 0 Å². The Morgan fingerprint density at radius 2 is 1.96 bits per heavy atom. The molecule has 7 heteroatoms. The monoisotopic (exact) mass is 352 g/mol. The molecule has 0 aliphatic heterocycles. The molecule has 2 N–H and O–H groups in total. The van der Waals surface area contributed by atoms with Crippen LogP contribution in [0.5, 0.6) is 0 Å². The largest absolute Gasteiger partial charge is 0.342 e. The highest BCUT2D eigenvalue weighted by molar-refractivity contribution is 5.95. The summed E-state index contributed by atoms with van der Waals surface area (Å²) in [4.78, 5) is 31.1. The van der Waals surface area contributed by atoms with Crippen molar-refractivity contribution in [2.24, 2.45) is 5.92 Å². The molecule has 0 saturated carbocycles. The molecule has 2 aromatic carbocycles. The number of rotatable bonds is 5. The van der Waals surface area contributed by atoms with Crippen LogP contribution in [-0.2, 0) is 0 Å². The number of H-pyrrole nitrogens is 1. The number of carbonyl (C=O) groups excluding carboxylic acids is 1. The topological polar surface area (TPSA) is 101 Å². The average Bonchev–Trinajstić information content (AvgIpc) is 3.02. The summed E-state index contributed by atoms with van der Waals surface area (Å²) in [6, 6.07) is 11.8. The summed E-state index contributed by atoms with van der Waals surface area (Å²) in [7, 11) is 0. The molecule has 1 heterocycles. The third-order valence-corrected chi connectivity index (χ3v) is 4.32. The van der Waals surface area contributed by atoms with Crippen LogP contribution in [-0.4, -0.2) is 20.8 Å². The maximum Gasteiger partial charge on any atom is 0.273 e. The SMILES string of the molecule is Cc1ccc(C(=O)N[C@H](c2nc3ccccc3[nH]2)C(C)C)cc1[N+](=O)[O-]. The molecule has 0 aliphatic rings. The van der Waals surface area contributed by atoms with Crippen LogP contribution in [0.25, 0.3) is 11.0 Å². The van der Waals surface area contributed by atoms with Crippen molar-refractivity contribution in [1.82, 2.24) is 15.3 Å². The highest BCUT2D eigenvalue weighted by Crippen LogP contribution is 2.24. The molecule has 0 saturated heterocycles. The second-order valence-corrected chi connectivity index (χ2v) is 6.59. The summed E-state index contributed by atoms with van der Waals surface area (Å²) in [6.07, 6.45) is 0. The van der Waals surface area contributed by atoms with E-state index in [1.165, 1.54) is 6.07 Å². The summed E-state index contributed by atoms with van der Waals surface area (Å²) >= 11 is 0. The average molecular weight is 352 g/mol. The normalized spacial score (nSPS) is 12.3. The van der Waals surface area contributed by atoms with Crippen molar-refractivity contribution in [3.05, 3.63) is 69.5 Å². The quantitative estimate of drug-likeness (QED) is 0.537. The van der Waals surface area contributed by atoms with Gasteiger partial charge in [-0.3, -0.25) is 14.9 Å². The lowest BCUT2D eigenvalue weighted by Gasteiger charge is -2.20. The molecule has 1 aromatic heterocycles. The molecule has 0 spiro atoms. The summed E-state index contributed by atoms with van der Waals surface area (Å²) in [5.41, 5.74) is 2.43. The van der Waals surface area contributed by atoms with E-state index in [-0.39, 0.29) is 29.1 Å². The van der Waals surface area contributed by atoms with Crippen LogP contribution in [0.3, 0.4) is 0 Å². The zero-order valence-electron chi connectivity index (χ0n) is 14.8. The van der Waals surface area contributed by atoms with Gasteiger partial charge in [-0.15, -0.1) is 0 Å². The first kappa shape index (κ1) is 17.6. The second kappa shape index (κ2) is 6.95. The predicted octanol–water partition coefficient (Wildman–Crippen LogP) is 3.91. The van der Waals surface area contributed by atoms with Gasteiger partial charge in [-0.1, -0.05) is 32.0 Å². The number of nitro groups is 1. The smallest absolute Gasteiger partial charge is 0.273 e. The number of benzene rings is 2. The number of hydrogen-bond acceptors (Lipinski definition) is 4. The van der Waals surface area contributed by atoms with Crippen LogP contribution in [0.2, 0.25) is 0 Å². The minimum atomic E-state index is -0.481. The van der Waals surface area contributed by atoms with E-state index < -0.39 is 4.92 Å². The number of fused-ring (bicyclic) bond motifs is 1. The zero-order valence-corrected chi connectivity index (χ0v) is 14.8. The molecule has 0 bridgehead atoms. The molecular formula is C19H20N4O3. The first-order chi connectivity index (χ1) is 12.4.